The molecule has 0 rings (SSSR count). The fourth-order valence-electron chi connectivity index (χ4n) is 0. The van der Waals surface area contributed by atoms with Crippen LogP contribution in [0.15, 0.2) is 0 Å². The summed E-state index contributed by atoms with van der Waals surface area (Å²) in [6, 6.07) is 0. The first kappa shape index (κ1) is 17.5. The average molecular weight is 248 g/mol. The summed E-state index contributed by atoms with van der Waals surface area (Å²) in [6.45, 7) is 7.75. The predicted octanol–water partition coefficient (Wildman–Crippen LogP) is -0.0476. The van der Waals surface area contributed by atoms with Gasteiger partial charge >= 0.3 is 17.1 Å². The van der Waals surface area contributed by atoms with Gasteiger partial charge in [0.25, 0.3) is 0 Å². The molecule has 67 valence electrons. The zero-order chi connectivity index (χ0) is 8.08. The van der Waals surface area contributed by atoms with Crippen LogP contribution in [0.3, 0.4) is 0 Å². The molecule has 0 unspecified atom stereocenters. The fraction of sp³-hybridized carbons (Fsp3) is 0.750. The van der Waals surface area contributed by atoms with E-state index in [4.69, 9.17) is 0 Å². The van der Waals surface area contributed by atoms with Crippen molar-refractivity contribution in [1.82, 2.24) is 0 Å². The van der Waals surface area contributed by atoms with Crippen LogP contribution in [-0.2, 0) is 41.1 Å². The Morgan fingerprint density at radius 2 is 1.50 bits per heavy atom. The zero-order valence-electron chi connectivity index (χ0n) is 5.67. The summed E-state index contributed by atoms with van der Waals surface area (Å²) < 4.78 is 0. The Hall–Kier alpha value is 1.44. The number of hydrogen-bond donors (Lipinski definition) is 0. The van der Waals surface area contributed by atoms with Crippen molar-refractivity contribution in [1.29, 1.82) is 0 Å². The molecule has 0 atom stereocenters. The van der Waals surface area contributed by atoms with Crippen LogP contribution >= 0.6 is 5.69 Å². The van der Waals surface area contributed by atoms with Gasteiger partial charge in [-0.1, -0.05) is 13.8 Å². The first-order valence-corrected chi connectivity index (χ1v) is 5.94. The van der Waals surface area contributed by atoms with Gasteiger partial charge in [-0.15, -0.1) is 0 Å². The Morgan fingerprint density at radius 1 is 1.50 bits per heavy atom. The van der Waals surface area contributed by atoms with Crippen LogP contribution in [0.2, 0.25) is 0 Å². The molecule has 0 aliphatic heterocycles. The molecule has 0 bridgehead atoms. The molecular formula is C4H9CuO2PS2-2. The van der Waals surface area contributed by atoms with E-state index in [-0.39, 0.29) is 17.1 Å². The molecule has 0 saturated carbocycles. The van der Waals surface area contributed by atoms with Crippen LogP contribution in [-0.4, -0.2) is 0 Å². The molecule has 0 aliphatic rings. The van der Waals surface area contributed by atoms with Gasteiger partial charge in [-0.05, 0) is 0 Å². The third-order valence-corrected chi connectivity index (χ3v) is 0. The predicted molar refractivity (Wildman–Crippen MR) is 41.8 cm³/mol. The second kappa shape index (κ2) is 8.54. The van der Waals surface area contributed by atoms with Crippen molar-refractivity contribution in [2.24, 2.45) is 5.92 Å². The summed E-state index contributed by atoms with van der Waals surface area (Å²) >= 11 is 7.28. The molecule has 0 aromatic heterocycles. The molecule has 0 aromatic rings. The van der Waals surface area contributed by atoms with Crippen molar-refractivity contribution in [3.63, 3.8) is 0 Å². The van der Waals surface area contributed by atoms with Crippen LogP contribution < -0.4 is 9.79 Å². The summed E-state index contributed by atoms with van der Waals surface area (Å²) in [4.78, 5) is 18.6. The van der Waals surface area contributed by atoms with E-state index in [1.807, 2.05) is 0 Å². The van der Waals surface area contributed by atoms with Gasteiger partial charge in [0.2, 0.25) is 0 Å². The second-order valence-electron chi connectivity index (χ2n) is 1.84. The van der Waals surface area contributed by atoms with E-state index in [9.17, 15) is 9.79 Å². The molecule has 0 aromatic carbocycles. The molecule has 0 spiro atoms. The van der Waals surface area contributed by atoms with Crippen molar-refractivity contribution >= 4 is 29.7 Å². The summed E-state index contributed by atoms with van der Waals surface area (Å²) in [7, 11) is 0. The molecule has 0 saturated heterocycles. The van der Waals surface area contributed by atoms with Gasteiger partial charge in [0.1, 0.15) is 0 Å². The maximum absolute atomic E-state index is 9.29. The second-order valence-corrected chi connectivity index (χ2v) is 6.31. The van der Waals surface area contributed by atoms with Crippen LogP contribution in [0.5, 0.6) is 0 Å². The topological polar surface area (TPSA) is 46.1 Å². The molecule has 2 nitrogen and oxygen atoms in total. The molecule has 0 aliphatic carbocycles. The Labute approximate surface area is 83.2 Å². The van der Waals surface area contributed by atoms with E-state index in [2.05, 4.69) is 44.8 Å². The standard InChI is InChI=1S/C4H9.Cu.H3O2PS2/c1-4(2)3;;1-3(2,4)5/h4H,1H2,2-3H3;;(H3,1,2,4,5)/q-1;+2;/p-3. The maximum Gasteiger partial charge on any atom is 2.00 e. The van der Waals surface area contributed by atoms with Gasteiger partial charge < -0.3 is 34.7 Å². The SMILES string of the molecule is [CH2-]C(C)C.[Cu+2].[O-]P([O-])(=S)[S-]. The van der Waals surface area contributed by atoms with E-state index >= 15 is 0 Å². The minimum absolute atomic E-state index is 0. The van der Waals surface area contributed by atoms with Crippen molar-refractivity contribution < 1.29 is 26.9 Å². The van der Waals surface area contributed by atoms with Gasteiger partial charge in [0.15, 0.2) is 0 Å². The Balaban J connectivity index is -0.0000000910. The fourth-order valence-corrected chi connectivity index (χ4v) is 0. The first-order valence-electron chi connectivity index (χ1n) is 2.29. The van der Waals surface area contributed by atoms with E-state index < -0.39 is 5.69 Å². The smallest absolute Gasteiger partial charge is 0.850 e. The third-order valence-electron chi connectivity index (χ3n) is 0. The van der Waals surface area contributed by atoms with E-state index in [0.717, 1.165) is 0 Å². The molecule has 0 N–H and O–H groups in total. The normalized spacial score (nSPS) is 9.50. The summed E-state index contributed by atoms with van der Waals surface area (Å²) in [5.74, 6) is 0.583. The average Bonchev–Trinajstić information content (AvgIpc) is 1.19. The molecule has 10 heavy (non-hydrogen) atoms. The van der Waals surface area contributed by atoms with E-state index in [0.29, 0.717) is 5.92 Å². The van der Waals surface area contributed by atoms with Crippen LogP contribution in [0.4, 0.5) is 0 Å². The summed E-state index contributed by atoms with van der Waals surface area (Å²) in [5.41, 5.74) is -3.72. The maximum atomic E-state index is 9.29. The first-order chi connectivity index (χ1) is 3.73. The number of rotatable bonds is 0. The molecule has 6 heteroatoms. The van der Waals surface area contributed by atoms with Crippen LogP contribution in [0.1, 0.15) is 13.8 Å². The quantitative estimate of drug-likeness (QED) is 0.261. The summed E-state index contributed by atoms with van der Waals surface area (Å²) in [5, 5.41) is 0. The minimum Gasteiger partial charge on any atom is -0.850 e. The molecular weight excluding hydrogens is 239 g/mol. The minimum atomic E-state index is -3.72. The van der Waals surface area contributed by atoms with Crippen molar-refractivity contribution in [3.8, 4) is 0 Å². The van der Waals surface area contributed by atoms with Crippen molar-refractivity contribution in [2.75, 3.05) is 0 Å². The molecule has 0 heterocycles. The third kappa shape index (κ3) is 324. The van der Waals surface area contributed by atoms with E-state index in [1.54, 1.807) is 0 Å². The van der Waals surface area contributed by atoms with E-state index in [1.165, 1.54) is 0 Å². The Bertz CT molecular complexity index is 92.4. The molecule has 0 amide bonds. The van der Waals surface area contributed by atoms with Gasteiger partial charge in [0.05, 0.1) is 0 Å². The number of hydrogen-bond acceptors (Lipinski definition) is 4. The van der Waals surface area contributed by atoms with Gasteiger partial charge in [-0.25, -0.2) is 0 Å². The van der Waals surface area contributed by atoms with Crippen molar-refractivity contribution in [2.45, 2.75) is 13.8 Å². The molecule has 0 fully saturated rings. The largest absolute Gasteiger partial charge is 2.00 e. The van der Waals surface area contributed by atoms with Crippen LogP contribution in [0.25, 0.3) is 0 Å². The van der Waals surface area contributed by atoms with Crippen molar-refractivity contribution in [3.05, 3.63) is 6.92 Å². The Kier molecular flexibility index (Phi) is 14.9. The Morgan fingerprint density at radius 3 is 1.50 bits per heavy atom. The molecule has 1 radical (unpaired) electrons. The van der Waals surface area contributed by atoms with Gasteiger partial charge in [0, 0.05) is 0 Å². The summed E-state index contributed by atoms with van der Waals surface area (Å²) in [6.07, 6.45) is 0. The zero-order valence-corrected chi connectivity index (χ0v) is 9.14. The van der Waals surface area contributed by atoms with Crippen LogP contribution in [0, 0.1) is 12.8 Å². The monoisotopic (exact) mass is 247 g/mol. The van der Waals surface area contributed by atoms with Gasteiger partial charge in [-0.2, -0.15) is 17.7 Å². The van der Waals surface area contributed by atoms with Gasteiger partial charge in [-0.3, -0.25) is 0 Å².